The summed E-state index contributed by atoms with van der Waals surface area (Å²) in [6.45, 7) is -0.629. The van der Waals surface area contributed by atoms with Crippen LogP contribution in [-0.2, 0) is 4.74 Å². The Bertz CT molecular complexity index is 1130. The fourth-order valence-electron chi connectivity index (χ4n) is 3.16. The van der Waals surface area contributed by atoms with Crippen LogP contribution in [0, 0.1) is 34.3 Å². The maximum absolute atomic E-state index is 13.6. The minimum absolute atomic E-state index is 0.0110. The Morgan fingerprint density at radius 2 is 1.97 bits per heavy atom. The van der Waals surface area contributed by atoms with Gasteiger partial charge in [-0.25, -0.2) is 23.7 Å². The maximum Gasteiger partial charge on any atom is 0.194 e. The smallest absolute Gasteiger partial charge is 0.194 e. The van der Waals surface area contributed by atoms with Crippen LogP contribution in [0.3, 0.4) is 0 Å². The van der Waals surface area contributed by atoms with E-state index in [1.807, 2.05) is 6.07 Å². The van der Waals surface area contributed by atoms with Crippen LogP contribution in [0.25, 0.3) is 5.70 Å². The van der Waals surface area contributed by atoms with E-state index < -0.39 is 53.8 Å². The molecule has 1 aliphatic heterocycles. The molecule has 1 aromatic carbocycles. The molecule has 3 rings (SSSR count). The lowest BCUT2D eigenvalue weighted by molar-refractivity contribution is -0.164. The summed E-state index contributed by atoms with van der Waals surface area (Å²) in [4.78, 5) is 4.17. The number of aromatic nitrogens is 1. The number of ether oxygens (including phenoxy) is 1. The first-order valence-corrected chi connectivity index (χ1v) is 10.8. The number of nitrogens with one attached hydrogen (secondary N) is 2. The molecule has 1 saturated heterocycles. The van der Waals surface area contributed by atoms with E-state index in [1.54, 1.807) is 0 Å². The van der Waals surface area contributed by atoms with Crippen molar-refractivity contribution in [1.82, 2.24) is 10.3 Å². The standard InChI is InChI=1S/C20H17ClF3N5O4S/c21-9-3-15(12(4-25)27-5-9)34-20-19(32)17(18(31)14(7-30)33-20)28-6-13(29-26)8-1-10(22)16(24)11(23)2-8/h1-3,5-6,14,17-20,26,28,30-32H,7H2/b13-6-,29-26?/t14?,17?,18-,19?,20+/m0/s1. The number of nitriles is 1. The summed E-state index contributed by atoms with van der Waals surface area (Å²) in [5.74, 6) is -4.67. The minimum Gasteiger partial charge on any atom is -0.394 e. The molecule has 0 saturated carbocycles. The van der Waals surface area contributed by atoms with Gasteiger partial charge in [-0.15, -0.1) is 0 Å². The number of nitrogens with zero attached hydrogens (tertiary/aromatic N) is 3. The second-order valence-electron chi connectivity index (χ2n) is 7.02. The van der Waals surface area contributed by atoms with Crippen LogP contribution < -0.4 is 5.32 Å². The Labute approximate surface area is 200 Å². The van der Waals surface area contributed by atoms with Crippen LogP contribution in [0.5, 0.6) is 0 Å². The molecule has 0 bridgehead atoms. The summed E-state index contributed by atoms with van der Waals surface area (Å²) in [6, 6.07) is 3.36. The first kappa shape index (κ1) is 25.9. The van der Waals surface area contributed by atoms with Gasteiger partial charge < -0.3 is 25.4 Å². The molecule has 0 amide bonds. The Kier molecular flexibility index (Phi) is 8.47. The van der Waals surface area contributed by atoms with Gasteiger partial charge in [0.25, 0.3) is 0 Å². The van der Waals surface area contributed by atoms with Crippen molar-refractivity contribution in [3.05, 3.63) is 64.3 Å². The summed E-state index contributed by atoms with van der Waals surface area (Å²) in [7, 11) is 0. The number of aliphatic hydroxyl groups is 3. The predicted molar refractivity (Wildman–Crippen MR) is 114 cm³/mol. The van der Waals surface area contributed by atoms with E-state index in [2.05, 4.69) is 15.4 Å². The first-order chi connectivity index (χ1) is 16.2. The third-order valence-corrected chi connectivity index (χ3v) is 6.26. The molecule has 14 heteroatoms. The molecule has 0 radical (unpaired) electrons. The Morgan fingerprint density at radius 1 is 1.29 bits per heavy atom. The summed E-state index contributed by atoms with van der Waals surface area (Å²) < 4.78 is 45.9. The highest BCUT2D eigenvalue weighted by Gasteiger charge is 2.44. The summed E-state index contributed by atoms with van der Waals surface area (Å²) in [6.07, 6.45) is -1.82. The second kappa shape index (κ2) is 11.1. The predicted octanol–water partition coefficient (Wildman–Crippen LogP) is 2.54. The van der Waals surface area contributed by atoms with Crippen LogP contribution >= 0.6 is 23.4 Å². The van der Waals surface area contributed by atoms with Crippen molar-refractivity contribution in [2.75, 3.05) is 6.61 Å². The van der Waals surface area contributed by atoms with Crippen molar-refractivity contribution in [2.45, 2.75) is 34.7 Å². The Morgan fingerprint density at radius 3 is 2.56 bits per heavy atom. The van der Waals surface area contributed by atoms with Gasteiger partial charge in [0, 0.05) is 22.9 Å². The quantitative estimate of drug-likeness (QED) is 0.278. The fraction of sp³-hybridized carbons (Fsp3) is 0.300. The lowest BCUT2D eigenvalue weighted by Crippen LogP contribution is -2.62. The zero-order chi connectivity index (χ0) is 25.0. The molecular weight excluding hydrogens is 499 g/mol. The second-order valence-corrected chi connectivity index (χ2v) is 8.60. The van der Waals surface area contributed by atoms with Gasteiger partial charge in [-0.05, 0) is 18.2 Å². The van der Waals surface area contributed by atoms with Gasteiger partial charge in [-0.1, -0.05) is 23.4 Å². The number of thioether (sulfide) groups is 1. The number of aliphatic hydroxyl groups excluding tert-OH is 3. The van der Waals surface area contributed by atoms with E-state index in [-0.39, 0.29) is 26.9 Å². The fourth-order valence-corrected chi connectivity index (χ4v) is 4.54. The lowest BCUT2D eigenvalue weighted by atomic mass is 9.97. The Hall–Kier alpha value is -2.73. The van der Waals surface area contributed by atoms with E-state index >= 15 is 0 Å². The number of rotatable bonds is 7. The lowest BCUT2D eigenvalue weighted by Gasteiger charge is -2.42. The summed E-state index contributed by atoms with van der Waals surface area (Å²) in [5.41, 5.74) is 5.56. The molecule has 5 atom stereocenters. The van der Waals surface area contributed by atoms with Crippen molar-refractivity contribution in [3.8, 4) is 6.07 Å². The molecule has 2 aromatic rings. The highest BCUT2D eigenvalue weighted by Crippen LogP contribution is 2.35. The van der Waals surface area contributed by atoms with E-state index in [9.17, 15) is 33.8 Å². The molecular formula is C20H17ClF3N5O4S. The normalized spacial score (nSPS) is 25.0. The molecule has 2 heterocycles. The van der Waals surface area contributed by atoms with Crippen LogP contribution in [0.15, 0.2) is 40.6 Å². The van der Waals surface area contributed by atoms with Crippen LogP contribution in [0.1, 0.15) is 11.3 Å². The molecule has 1 fully saturated rings. The number of hydrogen-bond acceptors (Lipinski definition) is 10. The molecule has 1 aromatic heterocycles. The molecule has 0 spiro atoms. The highest BCUT2D eigenvalue weighted by atomic mass is 35.5. The van der Waals surface area contributed by atoms with Crippen molar-refractivity contribution in [1.29, 1.82) is 10.8 Å². The first-order valence-electron chi connectivity index (χ1n) is 9.53. The van der Waals surface area contributed by atoms with Crippen molar-refractivity contribution >= 4 is 29.1 Å². The van der Waals surface area contributed by atoms with Gasteiger partial charge in [-0.3, -0.25) is 0 Å². The average molecular weight is 516 g/mol. The van der Waals surface area contributed by atoms with Gasteiger partial charge in [0.05, 0.1) is 17.7 Å². The zero-order valence-corrected chi connectivity index (χ0v) is 18.6. The maximum atomic E-state index is 13.6. The zero-order valence-electron chi connectivity index (χ0n) is 17.0. The monoisotopic (exact) mass is 515 g/mol. The number of pyridine rings is 1. The van der Waals surface area contributed by atoms with Crippen LogP contribution in [-0.4, -0.2) is 56.7 Å². The molecule has 9 nitrogen and oxygen atoms in total. The van der Waals surface area contributed by atoms with Crippen LogP contribution in [0.4, 0.5) is 13.2 Å². The Balaban J connectivity index is 1.88. The van der Waals surface area contributed by atoms with Gasteiger partial charge in [0.2, 0.25) is 0 Å². The van der Waals surface area contributed by atoms with Crippen molar-refractivity contribution < 1.29 is 33.2 Å². The molecule has 5 N–H and O–H groups in total. The molecule has 3 unspecified atom stereocenters. The van der Waals surface area contributed by atoms with E-state index in [0.717, 1.165) is 18.0 Å². The average Bonchev–Trinajstić information content (AvgIpc) is 2.81. The van der Waals surface area contributed by atoms with E-state index in [1.165, 1.54) is 12.3 Å². The molecule has 180 valence electrons. The number of benzene rings is 1. The topological polar surface area (TPSA) is 155 Å². The van der Waals surface area contributed by atoms with E-state index in [0.29, 0.717) is 12.1 Å². The van der Waals surface area contributed by atoms with Gasteiger partial charge in [-0.2, -0.15) is 10.4 Å². The third kappa shape index (κ3) is 5.49. The number of halogens is 4. The SMILES string of the molecule is N#Cc1ncc(Cl)cc1S[C@H]1OC(CO)[C@H](O)C(N/C=C(\N=N)c2cc(F)c(F)c(F)c2)C1O. The van der Waals surface area contributed by atoms with Gasteiger partial charge >= 0.3 is 0 Å². The molecule has 1 aliphatic rings. The van der Waals surface area contributed by atoms with Crippen molar-refractivity contribution in [2.24, 2.45) is 5.11 Å². The molecule has 0 aliphatic carbocycles. The minimum atomic E-state index is -1.69. The largest absolute Gasteiger partial charge is 0.394 e. The third-order valence-electron chi connectivity index (χ3n) is 4.87. The summed E-state index contributed by atoms with van der Waals surface area (Å²) in [5, 5.41) is 46.2. The number of hydrogen-bond donors (Lipinski definition) is 5. The summed E-state index contributed by atoms with van der Waals surface area (Å²) >= 11 is 6.81. The van der Waals surface area contributed by atoms with Crippen molar-refractivity contribution in [3.63, 3.8) is 0 Å². The van der Waals surface area contributed by atoms with Gasteiger partial charge in [0.1, 0.15) is 35.5 Å². The highest BCUT2D eigenvalue weighted by molar-refractivity contribution is 7.99. The molecule has 34 heavy (non-hydrogen) atoms. The van der Waals surface area contributed by atoms with E-state index in [4.69, 9.17) is 21.9 Å². The van der Waals surface area contributed by atoms with Gasteiger partial charge in [0.15, 0.2) is 23.1 Å². The van der Waals surface area contributed by atoms with Crippen LogP contribution in [0.2, 0.25) is 5.02 Å².